The molecule has 1 aromatic carbocycles. The molecule has 3 rings (SSSR count). The first kappa shape index (κ1) is 14.0. The van der Waals surface area contributed by atoms with Gasteiger partial charge in [-0.25, -0.2) is 13.1 Å². The van der Waals surface area contributed by atoms with Gasteiger partial charge in [-0.2, -0.15) is 0 Å². The van der Waals surface area contributed by atoms with Crippen LogP contribution < -0.4 is 10.0 Å². The van der Waals surface area contributed by atoms with Crippen molar-refractivity contribution in [3.05, 3.63) is 54.4 Å². The van der Waals surface area contributed by atoms with E-state index >= 15 is 0 Å². The van der Waals surface area contributed by atoms with Crippen LogP contribution in [0, 0.1) is 0 Å². The summed E-state index contributed by atoms with van der Waals surface area (Å²) in [6, 6.07) is 10.8. The molecule has 21 heavy (non-hydrogen) atoms. The van der Waals surface area contributed by atoms with Crippen LogP contribution in [0.4, 0.5) is 5.69 Å². The quantitative estimate of drug-likeness (QED) is 0.857. The zero-order chi connectivity index (χ0) is 14.7. The van der Waals surface area contributed by atoms with E-state index in [9.17, 15) is 8.42 Å². The Hall–Kier alpha value is -1.92. The third kappa shape index (κ3) is 3.80. The van der Waals surface area contributed by atoms with Crippen LogP contribution in [0.5, 0.6) is 0 Å². The first-order valence-corrected chi connectivity index (χ1v) is 8.37. The molecule has 1 fully saturated rings. The third-order valence-corrected chi connectivity index (χ3v) is 4.82. The second kappa shape index (κ2) is 5.83. The monoisotopic (exact) mass is 303 g/mol. The highest BCUT2D eigenvalue weighted by Gasteiger charge is 2.27. The van der Waals surface area contributed by atoms with E-state index in [2.05, 4.69) is 15.0 Å². The maximum atomic E-state index is 12.0. The molecule has 1 saturated carbocycles. The summed E-state index contributed by atoms with van der Waals surface area (Å²) in [5, 5.41) is 3.24. The lowest BCUT2D eigenvalue weighted by atomic mass is 10.2. The summed E-state index contributed by atoms with van der Waals surface area (Å²) < 4.78 is 26.7. The highest BCUT2D eigenvalue weighted by atomic mass is 32.2. The second-order valence-corrected chi connectivity index (χ2v) is 6.85. The van der Waals surface area contributed by atoms with Gasteiger partial charge in [0.25, 0.3) is 0 Å². The predicted molar refractivity (Wildman–Crippen MR) is 81.3 cm³/mol. The molecule has 5 nitrogen and oxygen atoms in total. The van der Waals surface area contributed by atoms with Crippen molar-refractivity contribution in [2.45, 2.75) is 30.3 Å². The van der Waals surface area contributed by atoms with Crippen molar-refractivity contribution in [2.75, 3.05) is 5.32 Å². The van der Waals surface area contributed by atoms with Gasteiger partial charge in [-0.15, -0.1) is 0 Å². The molecule has 110 valence electrons. The Morgan fingerprint density at radius 3 is 2.52 bits per heavy atom. The van der Waals surface area contributed by atoms with Crippen LogP contribution in [-0.4, -0.2) is 19.4 Å². The van der Waals surface area contributed by atoms with Crippen molar-refractivity contribution in [3.63, 3.8) is 0 Å². The highest BCUT2D eigenvalue weighted by Crippen LogP contribution is 2.22. The molecule has 0 saturated heterocycles. The summed E-state index contributed by atoms with van der Waals surface area (Å²) in [6.07, 6.45) is 5.40. The summed E-state index contributed by atoms with van der Waals surface area (Å²) in [7, 11) is -3.37. The molecule has 0 amide bonds. The summed E-state index contributed by atoms with van der Waals surface area (Å²) in [4.78, 5) is 4.36. The second-order valence-electron chi connectivity index (χ2n) is 5.13. The van der Waals surface area contributed by atoms with E-state index in [1.54, 1.807) is 36.7 Å². The molecule has 1 heterocycles. The summed E-state index contributed by atoms with van der Waals surface area (Å²) in [6.45, 7) is 0.653. The zero-order valence-electron chi connectivity index (χ0n) is 11.5. The van der Waals surface area contributed by atoms with Crippen molar-refractivity contribution in [2.24, 2.45) is 0 Å². The largest absolute Gasteiger partial charge is 0.381 e. The lowest BCUT2D eigenvalue weighted by molar-refractivity contribution is 0.581. The van der Waals surface area contributed by atoms with E-state index < -0.39 is 10.0 Å². The lowest BCUT2D eigenvalue weighted by Crippen LogP contribution is -2.25. The van der Waals surface area contributed by atoms with E-state index in [1.165, 1.54) is 0 Å². The third-order valence-electron chi connectivity index (χ3n) is 3.28. The minimum atomic E-state index is -3.37. The Bertz CT molecular complexity index is 695. The predicted octanol–water partition coefficient (Wildman–Crippen LogP) is 2.13. The zero-order valence-corrected chi connectivity index (χ0v) is 12.3. The van der Waals surface area contributed by atoms with Crippen molar-refractivity contribution in [3.8, 4) is 0 Å². The van der Waals surface area contributed by atoms with Gasteiger partial charge in [0.05, 0.1) is 4.90 Å². The Morgan fingerprint density at radius 2 is 1.90 bits per heavy atom. The number of anilines is 1. The molecule has 1 aliphatic rings. The number of nitrogens with one attached hydrogen (secondary N) is 2. The Morgan fingerprint density at radius 1 is 1.14 bits per heavy atom. The van der Waals surface area contributed by atoms with Gasteiger partial charge in [-0.05, 0) is 48.7 Å². The molecule has 1 aliphatic carbocycles. The number of benzene rings is 1. The standard InChI is InChI=1S/C15H17N3O2S/c19-21(20,18-14-3-4-14)15-7-5-13(6-8-15)17-11-12-2-1-9-16-10-12/h1-2,5-10,14,17-18H,3-4,11H2. The van der Waals surface area contributed by atoms with Gasteiger partial charge in [0.2, 0.25) is 10.0 Å². The summed E-state index contributed by atoms with van der Waals surface area (Å²) >= 11 is 0. The normalized spacial score (nSPS) is 14.9. The Balaban J connectivity index is 1.63. The minimum absolute atomic E-state index is 0.124. The van der Waals surface area contributed by atoms with Crippen molar-refractivity contribution in [1.29, 1.82) is 0 Å². The van der Waals surface area contributed by atoms with Gasteiger partial charge in [-0.1, -0.05) is 6.07 Å². The summed E-state index contributed by atoms with van der Waals surface area (Å²) in [5.74, 6) is 0. The van der Waals surface area contributed by atoms with E-state index in [4.69, 9.17) is 0 Å². The van der Waals surface area contributed by atoms with E-state index in [-0.39, 0.29) is 6.04 Å². The molecule has 2 N–H and O–H groups in total. The van der Waals surface area contributed by atoms with Crippen LogP contribution in [0.2, 0.25) is 0 Å². The number of aromatic nitrogens is 1. The molecule has 0 bridgehead atoms. The van der Waals surface area contributed by atoms with Crippen molar-refractivity contribution < 1.29 is 8.42 Å². The molecule has 1 aromatic heterocycles. The van der Waals surface area contributed by atoms with Crippen LogP contribution in [-0.2, 0) is 16.6 Å². The molecular formula is C15H17N3O2S. The van der Waals surface area contributed by atoms with Gasteiger partial charge in [0, 0.05) is 30.7 Å². The number of pyridine rings is 1. The van der Waals surface area contributed by atoms with Crippen molar-refractivity contribution >= 4 is 15.7 Å². The molecule has 0 unspecified atom stereocenters. The van der Waals surface area contributed by atoms with Gasteiger partial charge in [-0.3, -0.25) is 4.98 Å². The minimum Gasteiger partial charge on any atom is -0.381 e. The SMILES string of the molecule is O=S(=O)(NC1CC1)c1ccc(NCc2cccnc2)cc1. The molecule has 0 aliphatic heterocycles. The number of hydrogen-bond acceptors (Lipinski definition) is 4. The number of sulfonamides is 1. The maximum absolute atomic E-state index is 12.0. The first-order chi connectivity index (χ1) is 10.1. The fourth-order valence-electron chi connectivity index (χ4n) is 1.95. The van der Waals surface area contributed by atoms with Gasteiger partial charge >= 0.3 is 0 Å². The fraction of sp³-hybridized carbons (Fsp3) is 0.267. The van der Waals surface area contributed by atoms with Crippen LogP contribution in [0.25, 0.3) is 0 Å². The topological polar surface area (TPSA) is 71.1 Å². The van der Waals surface area contributed by atoms with Gasteiger partial charge < -0.3 is 5.32 Å². The number of nitrogens with zero attached hydrogens (tertiary/aromatic N) is 1. The first-order valence-electron chi connectivity index (χ1n) is 6.89. The van der Waals surface area contributed by atoms with Crippen LogP contribution in [0.15, 0.2) is 53.7 Å². The molecule has 0 radical (unpaired) electrons. The van der Waals surface area contributed by atoms with Gasteiger partial charge in [0.1, 0.15) is 0 Å². The van der Waals surface area contributed by atoms with Gasteiger partial charge in [0.15, 0.2) is 0 Å². The number of hydrogen-bond donors (Lipinski definition) is 2. The van der Waals surface area contributed by atoms with E-state index in [0.717, 1.165) is 24.1 Å². The van der Waals surface area contributed by atoms with Crippen LogP contribution in [0.1, 0.15) is 18.4 Å². The van der Waals surface area contributed by atoms with Crippen molar-refractivity contribution in [1.82, 2.24) is 9.71 Å². The van der Waals surface area contributed by atoms with E-state index in [1.807, 2.05) is 12.1 Å². The molecular weight excluding hydrogens is 286 g/mol. The summed E-state index contributed by atoms with van der Waals surface area (Å²) in [5.41, 5.74) is 1.95. The number of rotatable bonds is 6. The molecule has 0 atom stereocenters. The Labute approximate surface area is 124 Å². The Kier molecular flexibility index (Phi) is 3.90. The van der Waals surface area contributed by atoms with E-state index in [0.29, 0.717) is 11.4 Å². The maximum Gasteiger partial charge on any atom is 0.240 e. The van der Waals surface area contributed by atoms with Crippen LogP contribution in [0.3, 0.4) is 0 Å². The lowest BCUT2D eigenvalue weighted by Gasteiger charge is -2.08. The smallest absolute Gasteiger partial charge is 0.240 e. The van der Waals surface area contributed by atoms with Crippen LogP contribution >= 0.6 is 0 Å². The molecule has 6 heteroatoms. The highest BCUT2D eigenvalue weighted by molar-refractivity contribution is 7.89. The average molecular weight is 303 g/mol. The molecule has 0 spiro atoms. The fourth-order valence-corrected chi connectivity index (χ4v) is 3.25. The average Bonchev–Trinajstić information content (AvgIpc) is 3.30. The molecule has 2 aromatic rings.